The Morgan fingerprint density at radius 2 is 2.31 bits per heavy atom. The maximum atomic E-state index is 11.1. The highest BCUT2D eigenvalue weighted by molar-refractivity contribution is 5.82. The minimum Gasteiger partial charge on any atom is -0.291 e. The molecule has 0 fully saturated rings. The van der Waals surface area contributed by atoms with E-state index in [0.29, 0.717) is 17.6 Å². The van der Waals surface area contributed by atoms with E-state index in [4.69, 9.17) is 0 Å². The van der Waals surface area contributed by atoms with E-state index in [1.165, 1.54) is 6.07 Å². The third kappa shape index (κ3) is 4.25. The van der Waals surface area contributed by atoms with Gasteiger partial charge in [-0.1, -0.05) is 13.8 Å². The molecule has 0 atom stereocenters. The van der Waals surface area contributed by atoms with Gasteiger partial charge in [0.1, 0.15) is 0 Å². The van der Waals surface area contributed by atoms with Gasteiger partial charge in [-0.25, -0.2) is 10.4 Å². The van der Waals surface area contributed by atoms with Gasteiger partial charge in [-0.2, -0.15) is 5.10 Å². The highest BCUT2D eigenvalue weighted by Crippen LogP contribution is 2.02. The van der Waals surface area contributed by atoms with E-state index in [1.54, 1.807) is 6.92 Å². The molecule has 2 N–H and O–H groups in total. The van der Waals surface area contributed by atoms with Crippen LogP contribution in [0.15, 0.2) is 16.0 Å². The smallest absolute Gasteiger partial charge is 0.252 e. The standard InChI is InChI=1S/C11H18N4O/c1-7(2)5-9(4)14-15-11-12-8(3)6-10(16)13-11/h6-7H,5H2,1-4H3,(H2,12,13,15,16)/b14-9-. The van der Waals surface area contributed by atoms with Gasteiger partial charge in [-0.05, 0) is 26.2 Å². The zero-order valence-corrected chi connectivity index (χ0v) is 10.2. The van der Waals surface area contributed by atoms with E-state index in [2.05, 4.69) is 34.3 Å². The molecule has 0 aliphatic carbocycles. The van der Waals surface area contributed by atoms with Crippen LogP contribution < -0.4 is 11.0 Å². The zero-order valence-electron chi connectivity index (χ0n) is 10.2. The minimum absolute atomic E-state index is 0.174. The molecule has 0 aliphatic rings. The molecule has 0 spiro atoms. The van der Waals surface area contributed by atoms with Gasteiger partial charge < -0.3 is 0 Å². The van der Waals surface area contributed by atoms with Crippen LogP contribution in [-0.4, -0.2) is 15.7 Å². The van der Waals surface area contributed by atoms with Crippen molar-refractivity contribution < 1.29 is 0 Å². The quantitative estimate of drug-likeness (QED) is 0.604. The number of hydrogen-bond acceptors (Lipinski definition) is 4. The number of rotatable bonds is 4. The summed E-state index contributed by atoms with van der Waals surface area (Å²) in [4.78, 5) is 17.8. The van der Waals surface area contributed by atoms with Crippen LogP contribution in [-0.2, 0) is 0 Å². The Balaban J connectivity index is 2.70. The van der Waals surface area contributed by atoms with Crippen LogP contribution in [0.2, 0.25) is 0 Å². The Hall–Kier alpha value is -1.65. The Morgan fingerprint density at radius 3 is 2.88 bits per heavy atom. The Bertz CT molecular complexity index is 434. The van der Waals surface area contributed by atoms with E-state index in [9.17, 15) is 4.79 Å². The van der Waals surface area contributed by atoms with Crippen LogP contribution in [0, 0.1) is 12.8 Å². The Labute approximate surface area is 95.0 Å². The predicted octanol–water partition coefficient (Wildman–Crippen LogP) is 1.91. The molecular formula is C11H18N4O. The zero-order chi connectivity index (χ0) is 12.1. The summed E-state index contributed by atoms with van der Waals surface area (Å²) >= 11 is 0. The molecule has 0 saturated carbocycles. The second-order valence-electron chi connectivity index (χ2n) is 4.29. The number of H-pyrrole nitrogens is 1. The summed E-state index contributed by atoms with van der Waals surface area (Å²) in [6.45, 7) is 7.98. The Morgan fingerprint density at radius 1 is 1.62 bits per heavy atom. The van der Waals surface area contributed by atoms with Gasteiger partial charge in [-0.15, -0.1) is 0 Å². The molecule has 1 aromatic rings. The lowest BCUT2D eigenvalue weighted by molar-refractivity contribution is 0.681. The lowest BCUT2D eigenvalue weighted by Crippen LogP contribution is -2.11. The van der Waals surface area contributed by atoms with Crippen molar-refractivity contribution in [2.75, 3.05) is 5.43 Å². The van der Waals surface area contributed by atoms with Crippen molar-refractivity contribution in [1.82, 2.24) is 9.97 Å². The van der Waals surface area contributed by atoms with Gasteiger partial charge >= 0.3 is 0 Å². The fraction of sp³-hybridized carbons (Fsp3) is 0.545. The van der Waals surface area contributed by atoms with Crippen molar-refractivity contribution in [3.05, 3.63) is 22.1 Å². The molecule has 16 heavy (non-hydrogen) atoms. The van der Waals surface area contributed by atoms with Crippen LogP contribution in [0.4, 0.5) is 5.95 Å². The second kappa shape index (κ2) is 5.44. The van der Waals surface area contributed by atoms with Gasteiger partial charge in [0.15, 0.2) is 0 Å². The van der Waals surface area contributed by atoms with Gasteiger partial charge in [0, 0.05) is 17.5 Å². The summed E-state index contributed by atoms with van der Waals surface area (Å²) < 4.78 is 0. The molecule has 0 bridgehead atoms. The first-order chi connectivity index (χ1) is 7.47. The first-order valence-corrected chi connectivity index (χ1v) is 5.34. The normalized spacial score (nSPS) is 11.9. The second-order valence-corrected chi connectivity index (χ2v) is 4.29. The molecule has 5 heteroatoms. The maximum Gasteiger partial charge on any atom is 0.252 e. The number of hydrogen-bond donors (Lipinski definition) is 2. The van der Waals surface area contributed by atoms with Gasteiger partial charge in [0.05, 0.1) is 0 Å². The van der Waals surface area contributed by atoms with Crippen molar-refractivity contribution >= 4 is 11.7 Å². The molecule has 1 heterocycles. The summed E-state index contributed by atoms with van der Waals surface area (Å²) in [5.74, 6) is 0.947. The largest absolute Gasteiger partial charge is 0.291 e. The predicted molar refractivity (Wildman–Crippen MR) is 65.8 cm³/mol. The van der Waals surface area contributed by atoms with E-state index in [-0.39, 0.29) is 5.56 Å². The summed E-state index contributed by atoms with van der Waals surface area (Å²) in [5.41, 5.74) is 4.23. The van der Waals surface area contributed by atoms with E-state index in [0.717, 1.165) is 12.1 Å². The molecule has 0 unspecified atom stereocenters. The molecule has 1 aromatic heterocycles. The van der Waals surface area contributed by atoms with Crippen molar-refractivity contribution in [1.29, 1.82) is 0 Å². The van der Waals surface area contributed by atoms with Gasteiger partial charge in [-0.3, -0.25) is 9.78 Å². The lowest BCUT2D eigenvalue weighted by atomic mass is 10.1. The average molecular weight is 222 g/mol. The third-order valence-electron chi connectivity index (χ3n) is 1.93. The number of nitrogens with one attached hydrogen (secondary N) is 2. The van der Waals surface area contributed by atoms with E-state index in [1.807, 2.05) is 6.92 Å². The van der Waals surface area contributed by atoms with Crippen LogP contribution in [0.25, 0.3) is 0 Å². The summed E-state index contributed by atoms with van der Waals surface area (Å²) in [6, 6.07) is 1.44. The molecule has 1 rings (SSSR count). The third-order valence-corrected chi connectivity index (χ3v) is 1.93. The topological polar surface area (TPSA) is 70.1 Å². The van der Waals surface area contributed by atoms with Crippen LogP contribution in [0.1, 0.15) is 32.9 Å². The number of anilines is 1. The van der Waals surface area contributed by atoms with Gasteiger partial charge in [0.25, 0.3) is 5.56 Å². The molecule has 0 aromatic carbocycles. The van der Waals surface area contributed by atoms with Crippen molar-refractivity contribution in [2.45, 2.75) is 34.1 Å². The molecular weight excluding hydrogens is 204 g/mol. The van der Waals surface area contributed by atoms with E-state index < -0.39 is 0 Å². The first kappa shape index (κ1) is 12.4. The summed E-state index contributed by atoms with van der Waals surface area (Å²) in [7, 11) is 0. The molecule has 0 saturated heterocycles. The SMILES string of the molecule is C/C(CC(C)C)=N/Nc1nc(C)cc(=O)[nH]1. The fourth-order valence-electron chi connectivity index (χ4n) is 1.42. The molecule has 5 nitrogen and oxygen atoms in total. The van der Waals surface area contributed by atoms with Gasteiger partial charge in [0.2, 0.25) is 5.95 Å². The molecule has 88 valence electrons. The minimum atomic E-state index is -0.174. The monoisotopic (exact) mass is 222 g/mol. The van der Waals surface area contributed by atoms with E-state index >= 15 is 0 Å². The number of aromatic nitrogens is 2. The Kier molecular flexibility index (Phi) is 4.22. The fourth-order valence-corrected chi connectivity index (χ4v) is 1.42. The summed E-state index contributed by atoms with van der Waals surface area (Å²) in [5, 5.41) is 4.15. The molecule has 0 aliphatic heterocycles. The molecule has 0 radical (unpaired) electrons. The number of hydrazone groups is 1. The highest BCUT2D eigenvalue weighted by atomic mass is 16.1. The van der Waals surface area contributed by atoms with Crippen molar-refractivity contribution in [2.24, 2.45) is 11.0 Å². The van der Waals surface area contributed by atoms with Crippen LogP contribution >= 0.6 is 0 Å². The maximum absolute atomic E-state index is 11.1. The van der Waals surface area contributed by atoms with Crippen molar-refractivity contribution in [3.8, 4) is 0 Å². The average Bonchev–Trinajstić information content (AvgIpc) is 2.12. The van der Waals surface area contributed by atoms with Crippen LogP contribution in [0.3, 0.4) is 0 Å². The lowest BCUT2D eigenvalue weighted by Gasteiger charge is -2.05. The number of aromatic amines is 1. The highest BCUT2D eigenvalue weighted by Gasteiger charge is 1.99. The molecule has 0 amide bonds. The number of nitrogens with zero attached hydrogens (tertiary/aromatic N) is 2. The first-order valence-electron chi connectivity index (χ1n) is 5.34. The number of aryl methyl sites for hydroxylation is 1. The van der Waals surface area contributed by atoms with Crippen LogP contribution in [0.5, 0.6) is 0 Å². The summed E-state index contributed by atoms with van der Waals surface area (Å²) in [6.07, 6.45) is 0.920. The van der Waals surface area contributed by atoms with Crippen molar-refractivity contribution in [3.63, 3.8) is 0 Å².